The highest BCUT2D eigenvalue weighted by atomic mass is 79.9. The van der Waals surface area contributed by atoms with E-state index in [9.17, 15) is 0 Å². The summed E-state index contributed by atoms with van der Waals surface area (Å²) < 4.78 is 11.8. The first-order valence-corrected chi connectivity index (χ1v) is 5.11. The van der Waals surface area contributed by atoms with Gasteiger partial charge in [0, 0.05) is 10.9 Å². The molecule has 0 N–H and O–H groups in total. The van der Waals surface area contributed by atoms with Crippen molar-refractivity contribution in [2.75, 3.05) is 13.2 Å². The van der Waals surface area contributed by atoms with Crippen molar-refractivity contribution in [3.63, 3.8) is 0 Å². The fraction of sp³-hybridized carbons (Fsp3) is 0.400. The summed E-state index contributed by atoms with van der Waals surface area (Å²) in [6.45, 7) is 1.44. The van der Waals surface area contributed by atoms with Gasteiger partial charge in [0.05, 0.1) is 13.2 Å². The van der Waals surface area contributed by atoms with E-state index in [1.807, 2.05) is 12.1 Å². The molecule has 0 spiro atoms. The number of hydrogen-bond acceptors (Lipinski definition) is 2. The fourth-order valence-electron chi connectivity index (χ4n) is 1.38. The van der Waals surface area contributed by atoms with Crippen molar-refractivity contribution >= 4 is 15.9 Å². The van der Waals surface area contributed by atoms with E-state index in [1.165, 1.54) is 5.56 Å². The lowest BCUT2D eigenvalue weighted by molar-refractivity contribution is -0.0400. The summed E-state index contributed by atoms with van der Waals surface area (Å²) in [5, 5.41) is 0. The summed E-state index contributed by atoms with van der Waals surface area (Å²) in [5.74, 6) is 0. The van der Waals surface area contributed by atoms with Gasteiger partial charge in [-0.1, -0.05) is 28.1 Å². The van der Waals surface area contributed by atoms with Crippen LogP contribution in [0.15, 0.2) is 28.7 Å². The van der Waals surface area contributed by atoms with E-state index in [4.69, 9.17) is 9.47 Å². The summed E-state index contributed by atoms with van der Waals surface area (Å²) in [6, 6.07) is 8.20. The monoisotopic (exact) mass is 242 g/mol. The molecule has 13 heavy (non-hydrogen) atoms. The van der Waals surface area contributed by atoms with Gasteiger partial charge in [-0.05, 0) is 17.7 Å². The highest BCUT2D eigenvalue weighted by Gasteiger charge is 2.15. The van der Waals surface area contributed by atoms with E-state index < -0.39 is 0 Å². The van der Waals surface area contributed by atoms with Crippen molar-refractivity contribution < 1.29 is 9.47 Å². The molecule has 70 valence electrons. The van der Waals surface area contributed by atoms with Crippen molar-refractivity contribution in [3.8, 4) is 0 Å². The van der Waals surface area contributed by atoms with Gasteiger partial charge in [-0.3, -0.25) is 0 Å². The lowest BCUT2D eigenvalue weighted by atomic mass is 10.1. The average molecular weight is 243 g/mol. The average Bonchev–Trinajstić information content (AvgIpc) is 2.57. The zero-order chi connectivity index (χ0) is 9.10. The minimum Gasteiger partial charge on any atom is -0.350 e. The lowest BCUT2D eigenvalue weighted by Crippen LogP contribution is -2.10. The maximum Gasteiger partial charge on any atom is 0.161 e. The molecule has 0 atom stereocenters. The van der Waals surface area contributed by atoms with Crippen LogP contribution in [0.3, 0.4) is 0 Å². The van der Waals surface area contributed by atoms with E-state index in [1.54, 1.807) is 0 Å². The van der Waals surface area contributed by atoms with Gasteiger partial charge in [0.25, 0.3) is 0 Å². The Morgan fingerprint density at radius 1 is 1.31 bits per heavy atom. The molecule has 1 aliphatic rings. The molecule has 3 heteroatoms. The highest BCUT2D eigenvalue weighted by Crippen LogP contribution is 2.16. The van der Waals surface area contributed by atoms with Crippen LogP contribution in [0.5, 0.6) is 0 Å². The van der Waals surface area contributed by atoms with Gasteiger partial charge in [0.1, 0.15) is 0 Å². The minimum atomic E-state index is -0.0469. The van der Waals surface area contributed by atoms with E-state index >= 15 is 0 Å². The van der Waals surface area contributed by atoms with Crippen molar-refractivity contribution in [2.24, 2.45) is 0 Å². The Morgan fingerprint density at radius 3 is 2.77 bits per heavy atom. The highest BCUT2D eigenvalue weighted by molar-refractivity contribution is 9.10. The number of ether oxygens (including phenoxy) is 2. The maximum absolute atomic E-state index is 5.36. The second-order valence-electron chi connectivity index (χ2n) is 3.01. The zero-order valence-corrected chi connectivity index (χ0v) is 8.79. The summed E-state index contributed by atoms with van der Waals surface area (Å²) in [4.78, 5) is 0. The molecule has 1 aromatic carbocycles. The molecule has 2 nitrogen and oxygen atoms in total. The third-order valence-electron chi connectivity index (χ3n) is 1.98. The first-order chi connectivity index (χ1) is 6.34. The first kappa shape index (κ1) is 9.19. The van der Waals surface area contributed by atoms with E-state index in [0.29, 0.717) is 0 Å². The van der Waals surface area contributed by atoms with Gasteiger partial charge in [0.15, 0.2) is 6.29 Å². The van der Waals surface area contributed by atoms with Crippen molar-refractivity contribution in [1.82, 2.24) is 0 Å². The third-order valence-corrected chi connectivity index (χ3v) is 2.48. The van der Waals surface area contributed by atoms with E-state index in [2.05, 4.69) is 28.1 Å². The third kappa shape index (κ3) is 2.53. The predicted molar refractivity (Wildman–Crippen MR) is 53.5 cm³/mol. The number of hydrogen-bond donors (Lipinski definition) is 0. The fourth-order valence-corrected chi connectivity index (χ4v) is 1.83. The molecule has 1 heterocycles. The van der Waals surface area contributed by atoms with Gasteiger partial charge >= 0.3 is 0 Å². The van der Waals surface area contributed by atoms with Crippen LogP contribution in [-0.4, -0.2) is 19.5 Å². The van der Waals surface area contributed by atoms with Crippen molar-refractivity contribution in [2.45, 2.75) is 12.7 Å². The first-order valence-electron chi connectivity index (χ1n) is 4.32. The second-order valence-corrected chi connectivity index (χ2v) is 3.92. The molecule has 1 saturated heterocycles. The van der Waals surface area contributed by atoms with E-state index in [0.717, 1.165) is 24.1 Å². The quantitative estimate of drug-likeness (QED) is 0.793. The van der Waals surface area contributed by atoms with Crippen LogP contribution in [0.1, 0.15) is 5.56 Å². The van der Waals surface area contributed by atoms with Gasteiger partial charge in [-0.25, -0.2) is 0 Å². The Bertz CT molecular complexity index is 282. The normalized spacial score (nSPS) is 17.9. The van der Waals surface area contributed by atoms with Gasteiger partial charge < -0.3 is 9.47 Å². The molecule has 0 bridgehead atoms. The summed E-state index contributed by atoms with van der Waals surface area (Å²) >= 11 is 3.43. The van der Waals surface area contributed by atoms with Crippen molar-refractivity contribution in [3.05, 3.63) is 34.3 Å². The van der Waals surface area contributed by atoms with Gasteiger partial charge in [-0.2, -0.15) is 0 Å². The molecule has 0 aliphatic carbocycles. The molecule has 0 saturated carbocycles. The van der Waals surface area contributed by atoms with Crippen molar-refractivity contribution in [1.29, 1.82) is 0 Å². The molecule has 2 rings (SSSR count). The lowest BCUT2D eigenvalue weighted by Gasteiger charge is -2.08. The van der Waals surface area contributed by atoms with Crippen LogP contribution in [0.4, 0.5) is 0 Å². The Kier molecular flexibility index (Phi) is 2.98. The Labute approximate surface area is 86.0 Å². The Hall–Kier alpha value is -0.380. The molecule has 0 amide bonds. The van der Waals surface area contributed by atoms with Gasteiger partial charge in [-0.15, -0.1) is 0 Å². The van der Waals surface area contributed by atoms with Crippen LogP contribution >= 0.6 is 15.9 Å². The van der Waals surface area contributed by atoms with Crippen LogP contribution in [-0.2, 0) is 15.9 Å². The second kappa shape index (κ2) is 4.22. The van der Waals surface area contributed by atoms with E-state index in [-0.39, 0.29) is 6.29 Å². The molecule has 1 fully saturated rings. The standard InChI is InChI=1S/C10H11BrO2/c11-9-3-1-2-8(6-9)7-10-12-4-5-13-10/h1-3,6,10H,4-5,7H2. The number of benzene rings is 1. The topological polar surface area (TPSA) is 18.5 Å². The number of halogens is 1. The molecule has 0 aromatic heterocycles. The largest absolute Gasteiger partial charge is 0.350 e. The Balaban J connectivity index is 2.00. The molecular formula is C10H11BrO2. The number of rotatable bonds is 2. The van der Waals surface area contributed by atoms with Crippen LogP contribution < -0.4 is 0 Å². The molecule has 1 aliphatic heterocycles. The summed E-state index contributed by atoms with van der Waals surface area (Å²) in [7, 11) is 0. The van der Waals surface area contributed by atoms with Crippen LogP contribution in [0.25, 0.3) is 0 Å². The summed E-state index contributed by atoms with van der Waals surface area (Å²) in [5.41, 5.74) is 1.24. The minimum absolute atomic E-state index is 0.0469. The SMILES string of the molecule is Brc1cccc(CC2OCCO2)c1. The molecular weight excluding hydrogens is 232 g/mol. The summed E-state index contributed by atoms with van der Waals surface area (Å²) in [6.07, 6.45) is 0.786. The van der Waals surface area contributed by atoms with Crippen LogP contribution in [0, 0.1) is 0 Å². The smallest absolute Gasteiger partial charge is 0.161 e. The maximum atomic E-state index is 5.36. The zero-order valence-electron chi connectivity index (χ0n) is 7.20. The predicted octanol–water partition coefficient (Wildman–Crippen LogP) is 2.36. The molecule has 1 aromatic rings. The molecule has 0 radical (unpaired) electrons. The Morgan fingerprint density at radius 2 is 2.08 bits per heavy atom. The van der Waals surface area contributed by atoms with Gasteiger partial charge in [0.2, 0.25) is 0 Å². The van der Waals surface area contributed by atoms with Crippen LogP contribution in [0.2, 0.25) is 0 Å². The molecule has 0 unspecified atom stereocenters.